The molecule has 1 saturated heterocycles. The molecular formula is C21H19F2N3O3S3. The van der Waals surface area contributed by atoms with Gasteiger partial charge in [0.2, 0.25) is 10.0 Å². The number of carbonyl (C=O) groups is 1. The standard InChI is InChI=1S/C21H19F2N3O3S3/c22-18-6-5-16(11-19(18)23)32(28,29)26-9-7-25(8-10-26)21(27)17-3-1-2-4-20(17)31-13-15-12-30-14-24-15/h1-6,11-12,14H,7-10,13H2. The first-order valence-electron chi connectivity index (χ1n) is 9.69. The van der Waals surface area contributed by atoms with Crippen molar-refractivity contribution in [3.63, 3.8) is 0 Å². The number of hydrogen-bond donors (Lipinski definition) is 0. The third-order valence-electron chi connectivity index (χ3n) is 5.03. The van der Waals surface area contributed by atoms with Crippen LogP contribution in [0.1, 0.15) is 16.1 Å². The molecule has 0 radical (unpaired) electrons. The van der Waals surface area contributed by atoms with Gasteiger partial charge in [-0.2, -0.15) is 4.31 Å². The van der Waals surface area contributed by atoms with Crippen LogP contribution in [-0.2, 0) is 15.8 Å². The minimum absolute atomic E-state index is 0.0706. The number of halogens is 2. The third-order valence-corrected chi connectivity index (χ3v) is 8.67. The van der Waals surface area contributed by atoms with Crippen LogP contribution >= 0.6 is 23.1 Å². The summed E-state index contributed by atoms with van der Waals surface area (Å²) in [7, 11) is -3.98. The summed E-state index contributed by atoms with van der Waals surface area (Å²) in [4.78, 5) is 19.5. The summed E-state index contributed by atoms with van der Waals surface area (Å²) in [6.07, 6.45) is 0. The molecule has 0 N–H and O–H groups in total. The summed E-state index contributed by atoms with van der Waals surface area (Å²) in [5, 5.41) is 1.96. The predicted molar refractivity (Wildman–Crippen MR) is 119 cm³/mol. The van der Waals surface area contributed by atoms with E-state index in [0.717, 1.165) is 22.7 Å². The number of rotatable bonds is 6. The molecule has 4 rings (SSSR count). The Bertz CT molecular complexity index is 1210. The van der Waals surface area contributed by atoms with Gasteiger partial charge in [-0.25, -0.2) is 22.2 Å². The van der Waals surface area contributed by atoms with Gasteiger partial charge in [0, 0.05) is 42.2 Å². The van der Waals surface area contributed by atoms with Crippen LogP contribution in [0.15, 0.2) is 63.1 Å². The fraction of sp³-hybridized carbons (Fsp3) is 0.238. The van der Waals surface area contributed by atoms with Gasteiger partial charge in [0.1, 0.15) is 0 Å². The molecule has 0 atom stereocenters. The summed E-state index contributed by atoms with van der Waals surface area (Å²) >= 11 is 3.04. The van der Waals surface area contributed by atoms with Crippen molar-refractivity contribution in [1.29, 1.82) is 0 Å². The molecule has 0 spiro atoms. The molecule has 2 aromatic carbocycles. The molecule has 168 valence electrons. The highest BCUT2D eigenvalue weighted by atomic mass is 32.2. The van der Waals surface area contributed by atoms with Crippen molar-refractivity contribution in [3.05, 3.63) is 76.2 Å². The SMILES string of the molecule is O=C(c1ccccc1SCc1cscn1)N1CCN(S(=O)(=O)c2ccc(F)c(F)c2)CC1. The summed E-state index contributed by atoms with van der Waals surface area (Å²) in [5.74, 6) is -1.85. The van der Waals surface area contributed by atoms with E-state index in [-0.39, 0.29) is 37.0 Å². The average molecular weight is 496 g/mol. The molecule has 0 saturated carbocycles. The average Bonchev–Trinajstić information content (AvgIpc) is 3.33. The van der Waals surface area contributed by atoms with E-state index in [1.54, 1.807) is 22.5 Å². The minimum atomic E-state index is -3.98. The number of hydrogen-bond acceptors (Lipinski definition) is 6. The molecule has 1 fully saturated rings. The van der Waals surface area contributed by atoms with E-state index in [1.165, 1.54) is 27.4 Å². The lowest BCUT2D eigenvalue weighted by Gasteiger charge is -2.34. The molecule has 0 bridgehead atoms. The van der Waals surface area contributed by atoms with Gasteiger partial charge < -0.3 is 4.90 Å². The van der Waals surface area contributed by atoms with Gasteiger partial charge in [0.15, 0.2) is 11.6 Å². The predicted octanol–water partition coefficient (Wildman–Crippen LogP) is 3.86. The summed E-state index contributed by atoms with van der Waals surface area (Å²) in [6.45, 7) is 0.544. The highest BCUT2D eigenvalue weighted by Gasteiger charge is 2.31. The minimum Gasteiger partial charge on any atom is -0.336 e. The van der Waals surface area contributed by atoms with Crippen molar-refractivity contribution in [1.82, 2.24) is 14.2 Å². The van der Waals surface area contributed by atoms with Gasteiger partial charge in [-0.3, -0.25) is 4.79 Å². The smallest absolute Gasteiger partial charge is 0.255 e. The molecule has 1 aromatic heterocycles. The van der Waals surface area contributed by atoms with E-state index >= 15 is 0 Å². The van der Waals surface area contributed by atoms with E-state index in [0.29, 0.717) is 17.4 Å². The Balaban J connectivity index is 1.43. The fourth-order valence-corrected chi connectivity index (χ4v) is 6.36. The molecule has 1 aliphatic rings. The van der Waals surface area contributed by atoms with Crippen LogP contribution in [0.3, 0.4) is 0 Å². The van der Waals surface area contributed by atoms with Crippen molar-refractivity contribution in [3.8, 4) is 0 Å². The fourth-order valence-electron chi connectivity index (χ4n) is 3.32. The molecule has 2 heterocycles. The maximum Gasteiger partial charge on any atom is 0.255 e. The second-order valence-corrected chi connectivity index (χ2v) is 10.7. The van der Waals surface area contributed by atoms with Gasteiger partial charge in [0.05, 0.1) is 21.7 Å². The molecule has 0 aliphatic carbocycles. The highest BCUT2D eigenvalue weighted by molar-refractivity contribution is 7.98. The van der Waals surface area contributed by atoms with Crippen LogP contribution in [0.5, 0.6) is 0 Å². The van der Waals surface area contributed by atoms with Crippen LogP contribution in [0, 0.1) is 11.6 Å². The van der Waals surface area contributed by atoms with Crippen LogP contribution < -0.4 is 0 Å². The Morgan fingerprint density at radius 2 is 1.81 bits per heavy atom. The number of thiazole rings is 1. The van der Waals surface area contributed by atoms with Crippen molar-refractivity contribution < 1.29 is 22.0 Å². The maximum absolute atomic E-state index is 13.5. The first-order valence-corrected chi connectivity index (χ1v) is 13.1. The van der Waals surface area contributed by atoms with Gasteiger partial charge in [-0.15, -0.1) is 23.1 Å². The van der Waals surface area contributed by atoms with Crippen LogP contribution in [0.4, 0.5) is 8.78 Å². The van der Waals surface area contributed by atoms with Crippen molar-refractivity contribution >= 4 is 39.0 Å². The van der Waals surface area contributed by atoms with Gasteiger partial charge in [-0.1, -0.05) is 12.1 Å². The molecule has 0 unspecified atom stereocenters. The normalized spacial score (nSPS) is 15.1. The molecule has 11 heteroatoms. The van der Waals surface area contributed by atoms with E-state index < -0.39 is 21.7 Å². The summed E-state index contributed by atoms with van der Waals surface area (Å²) < 4.78 is 53.4. The van der Waals surface area contributed by atoms with Crippen LogP contribution in [0.25, 0.3) is 0 Å². The lowest BCUT2D eigenvalue weighted by atomic mass is 10.2. The van der Waals surface area contributed by atoms with Crippen molar-refractivity contribution in [2.24, 2.45) is 0 Å². The van der Waals surface area contributed by atoms with Gasteiger partial charge >= 0.3 is 0 Å². The number of benzene rings is 2. The number of aromatic nitrogens is 1. The molecule has 3 aromatic rings. The van der Waals surface area contributed by atoms with Crippen LogP contribution in [0.2, 0.25) is 0 Å². The Morgan fingerprint density at radius 1 is 1.06 bits per heavy atom. The zero-order chi connectivity index (χ0) is 22.7. The molecular weight excluding hydrogens is 476 g/mol. The number of carbonyl (C=O) groups excluding carboxylic acids is 1. The van der Waals surface area contributed by atoms with Gasteiger partial charge in [0.25, 0.3) is 5.91 Å². The van der Waals surface area contributed by atoms with Crippen molar-refractivity contribution in [2.75, 3.05) is 26.2 Å². The highest BCUT2D eigenvalue weighted by Crippen LogP contribution is 2.28. The van der Waals surface area contributed by atoms with E-state index in [1.807, 2.05) is 17.5 Å². The number of piperazine rings is 1. The number of nitrogens with zero attached hydrogens (tertiary/aromatic N) is 3. The van der Waals surface area contributed by atoms with E-state index in [2.05, 4.69) is 4.98 Å². The second-order valence-electron chi connectivity index (χ2n) is 7.04. The Hall–Kier alpha value is -2.34. The van der Waals surface area contributed by atoms with E-state index in [4.69, 9.17) is 0 Å². The second kappa shape index (κ2) is 9.65. The van der Waals surface area contributed by atoms with Crippen molar-refractivity contribution in [2.45, 2.75) is 15.5 Å². The lowest BCUT2D eigenvalue weighted by molar-refractivity contribution is 0.0694. The molecule has 1 amide bonds. The Kier molecular flexibility index (Phi) is 6.89. The zero-order valence-corrected chi connectivity index (χ0v) is 19.2. The first kappa shape index (κ1) is 22.8. The quantitative estimate of drug-likeness (QED) is 0.486. The number of sulfonamides is 1. The lowest BCUT2D eigenvalue weighted by Crippen LogP contribution is -2.50. The third kappa shape index (κ3) is 4.85. The molecule has 32 heavy (non-hydrogen) atoms. The van der Waals surface area contributed by atoms with E-state index in [9.17, 15) is 22.0 Å². The first-order chi connectivity index (χ1) is 15.4. The Labute approximate surface area is 192 Å². The number of amides is 1. The monoisotopic (exact) mass is 495 g/mol. The van der Waals surface area contributed by atoms with Crippen LogP contribution in [-0.4, -0.2) is 54.7 Å². The van der Waals surface area contributed by atoms with Gasteiger partial charge in [-0.05, 0) is 30.3 Å². The largest absolute Gasteiger partial charge is 0.336 e. The molecule has 1 aliphatic heterocycles. The number of thioether (sulfide) groups is 1. The summed E-state index contributed by atoms with van der Waals surface area (Å²) in [6, 6.07) is 9.82. The topological polar surface area (TPSA) is 70.6 Å². The maximum atomic E-state index is 13.5. The molecule has 6 nitrogen and oxygen atoms in total. The Morgan fingerprint density at radius 3 is 2.50 bits per heavy atom. The summed E-state index contributed by atoms with van der Waals surface area (Å²) in [5.41, 5.74) is 3.27. The zero-order valence-electron chi connectivity index (χ0n) is 16.8.